The molecule has 0 aliphatic carbocycles. The van der Waals surface area contributed by atoms with Crippen LogP contribution in [0.2, 0.25) is 0 Å². The van der Waals surface area contributed by atoms with E-state index in [0.717, 1.165) is 24.2 Å². The number of hydrogen-bond donors (Lipinski definition) is 2. The minimum absolute atomic E-state index is 0. The third kappa shape index (κ3) is 7.91. The van der Waals surface area contributed by atoms with Crippen molar-refractivity contribution in [3.05, 3.63) is 35.4 Å². The van der Waals surface area contributed by atoms with Crippen LogP contribution in [0, 0.1) is 0 Å². The van der Waals surface area contributed by atoms with Crippen LogP contribution in [0.25, 0.3) is 0 Å². The molecule has 1 heterocycles. The number of piperidine rings is 1. The molecule has 8 heteroatoms. The fraction of sp³-hybridized carbons (Fsp3) is 0.588. The van der Waals surface area contributed by atoms with Gasteiger partial charge in [0.15, 0.2) is 5.96 Å². The number of likely N-dealkylation sites (tertiary alicyclic amines) is 1. The van der Waals surface area contributed by atoms with Crippen molar-refractivity contribution in [2.75, 3.05) is 13.1 Å². The molecule has 1 aliphatic heterocycles. The van der Waals surface area contributed by atoms with Crippen LogP contribution in [-0.4, -0.2) is 38.4 Å². The summed E-state index contributed by atoms with van der Waals surface area (Å²) in [6.45, 7) is 6.10. The largest absolute Gasteiger partial charge is 0.370 e. The van der Waals surface area contributed by atoms with Crippen molar-refractivity contribution in [3.8, 4) is 0 Å². The van der Waals surface area contributed by atoms with Gasteiger partial charge in [-0.15, -0.1) is 24.0 Å². The minimum Gasteiger partial charge on any atom is -0.370 e. The highest BCUT2D eigenvalue weighted by Gasteiger charge is 2.13. The number of guanidine groups is 1. The van der Waals surface area contributed by atoms with E-state index in [9.17, 15) is 8.42 Å². The van der Waals surface area contributed by atoms with Crippen molar-refractivity contribution in [2.24, 2.45) is 10.7 Å². The van der Waals surface area contributed by atoms with Crippen molar-refractivity contribution >= 4 is 40.0 Å². The molecule has 1 fully saturated rings. The summed E-state index contributed by atoms with van der Waals surface area (Å²) in [5.74, 6) is 0.590. The molecule has 25 heavy (non-hydrogen) atoms. The van der Waals surface area contributed by atoms with E-state index in [0.29, 0.717) is 12.5 Å². The van der Waals surface area contributed by atoms with Crippen LogP contribution in [0.15, 0.2) is 29.3 Å². The van der Waals surface area contributed by atoms with E-state index in [1.54, 1.807) is 0 Å². The third-order valence-electron chi connectivity index (χ3n) is 3.90. The van der Waals surface area contributed by atoms with E-state index in [1.807, 2.05) is 38.1 Å². The summed E-state index contributed by atoms with van der Waals surface area (Å²) in [7, 11) is -3.29. The predicted octanol–water partition coefficient (Wildman–Crippen LogP) is 2.43. The molecule has 0 aromatic heterocycles. The lowest BCUT2D eigenvalue weighted by molar-refractivity contribution is 0.338. The highest BCUT2D eigenvalue weighted by Crippen LogP contribution is 2.11. The van der Waals surface area contributed by atoms with Gasteiger partial charge in [0.2, 0.25) is 10.0 Å². The van der Waals surface area contributed by atoms with Crippen LogP contribution in [-0.2, 0) is 22.3 Å². The summed E-state index contributed by atoms with van der Waals surface area (Å²) in [5.41, 5.74) is 7.83. The number of nitrogens with zero attached hydrogens (tertiary/aromatic N) is 2. The minimum atomic E-state index is -3.29. The number of halogens is 1. The van der Waals surface area contributed by atoms with Gasteiger partial charge in [-0.2, -0.15) is 0 Å². The molecule has 1 aromatic carbocycles. The molecule has 0 radical (unpaired) electrons. The molecule has 0 amide bonds. The summed E-state index contributed by atoms with van der Waals surface area (Å²) in [5, 5.41) is 0. The molecule has 0 unspecified atom stereocenters. The zero-order valence-corrected chi connectivity index (χ0v) is 18.1. The van der Waals surface area contributed by atoms with E-state index in [-0.39, 0.29) is 35.8 Å². The quantitative estimate of drug-likeness (QED) is 0.372. The van der Waals surface area contributed by atoms with Gasteiger partial charge in [0.1, 0.15) is 0 Å². The van der Waals surface area contributed by atoms with E-state index < -0.39 is 10.0 Å². The van der Waals surface area contributed by atoms with E-state index >= 15 is 0 Å². The summed E-state index contributed by atoms with van der Waals surface area (Å²) < 4.78 is 26.4. The van der Waals surface area contributed by atoms with E-state index in [1.165, 1.54) is 19.3 Å². The first-order chi connectivity index (χ1) is 11.4. The van der Waals surface area contributed by atoms with Crippen molar-refractivity contribution in [2.45, 2.75) is 51.4 Å². The van der Waals surface area contributed by atoms with Gasteiger partial charge in [0, 0.05) is 19.1 Å². The van der Waals surface area contributed by atoms with Crippen LogP contribution >= 0.6 is 24.0 Å². The summed E-state index contributed by atoms with van der Waals surface area (Å²) in [4.78, 5) is 6.58. The van der Waals surface area contributed by atoms with Crippen LogP contribution < -0.4 is 10.5 Å². The van der Waals surface area contributed by atoms with Crippen molar-refractivity contribution in [3.63, 3.8) is 0 Å². The highest BCUT2D eigenvalue weighted by molar-refractivity contribution is 14.0. The fourth-order valence-corrected chi connectivity index (χ4v) is 4.19. The van der Waals surface area contributed by atoms with Crippen LogP contribution in [0.5, 0.6) is 0 Å². The SMILES string of the molecule is CC(C)NS(=O)(=O)Cc1ccc(CN=C(N)N2CCCCC2)cc1.I. The maximum absolute atomic E-state index is 11.9. The zero-order valence-electron chi connectivity index (χ0n) is 14.9. The zero-order chi connectivity index (χ0) is 17.6. The average Bonchev–Trinajstić information content (AvgIpc) is 2.53. The lowest BCUT2D eigenvalue weighted by Crippen LogP contribution is -2.40. The number of hydrogen-bond acceptors (Lipinski definition) is 3. The van der Waals surface area contributed by atoms with Crippen LogP contribution in [0.3, 0.4) is 0 Å². The van der Waals surface area contributed by atoms with Gasteiger partial charge in [0.05, 0.1) is 12.3 Å². The van der Waals surface area contributed by atoms with Crippen molar-refractivity contribution in [1.29, 1.82) is 0 Å². The second kappa shape index (κ2) is 10.3. The van der Waals surface area contributed by atoms with Gasteiger partial charge in [-0.1, -0.05) is 24.3 Å². The van der Waals surface area contributed by atoms with Crippen molar-refractivity contribution < 1.29 is 8.42 Å². The molecule has 3 N–H and O–H groups in total. The maximum atomic E-state index is 11.9. The number of nitrogens with one attached hydrogen (secondary N) is 1. The first kappa shape index (κ1) is 22.2. The Morgan fingerprint density at radius 2 is 1.72 bits per heavy atom. The number of nitrogens with two attached hydrogens (primary N) is 1. The predicted molar refractivity (Wildman–Crippen MR) is 114 cm³/mol. The van der Waals surface area contributed by atoms with Crippen LogP contribution in [0.4, 0.5) is 0 Å². The number of benzene rings is 1. The molecular formula is C17H29IN4O2S. The number of sulfonamides is 1. The second-order valence-corrected chi connectivity index (χ2v) is 8.32. The molecule has 0 atom stereocenters. The molecule has 0 saturated carbocycles. The molecule has 0 bridgehead atoms. The fourth-order valence-electron chi connectivity index (χ4n) is 2.76. The summed E-state index contributed by atoms with van der Waals surface area (Å²) in [6.07, 6.45) is 3.60. The highest BCUT2D eigenvalue weighted by atomic mass is 127. The monoisotopic (exact) mass is 480 g/mol. The van der Waals surface area contributed by atoms with Gasteiger partial charge >= 0.3 is 0 Å². The third-order valence-corrected chi connectivity index (χ3v) is 5.44. The van der Waals surface area contributed by atoms with E-state index in [4.69, 9.17) is 5.73 Å². The number of aliphatic imine (C=N–C) groups is 1. The Hall–Kier alpha value is -0.870. The molecule has 142 valence electrons. The first-order valence-corrected chi connectivity index (χ1v) is 10.1. The Morgan fingerprint density at radius 1 is 1.16 bits per heavy atom. The summed E-state index contributed by atoms with van der Waals surface area (Å²) >= 11 is 0. The lowest BCUT2D eigenvalue weighted by atomic mass is 10.1. The van der Waals surface area contributed by atoms with Gasteiger partial charge in [-0.25, -0.2) is 18.1 Å². The Kier molecular flexibility index (Phi) is 9.15. The second-order valence-electron chi connectivity index (χ2n) is 6.57. The Morgan fingerprint density at radius 3 is 2.28 bits per heavy atom. The average molecular weight is 480 g/mol. The van der Waals surface area contributed by atoms with E-state index in [2.05, 4.69) is 14.6 Å². The van der Waals surface area contributed by atoms with Gasteiger partial charge in [-0.05, 0) is 44.2 Å². The van der Waals surface area contributed by atoms with Gasteiger partial charge in [-0.3, -0.25) is 0 Å². The standard InChI is InChI=1S/C17H28N4O2S.HI/c1-14(2)20-24(22,23)13-16-8-6-15(7-9-16)12-19-17(18)21-10-4-3-5-11-21;/h6-9,14,20H,3-5,10-13H2,1-2H3,(H2,18,19);1H. The Balaban J connectivity index is 0.00000312. The first-order valence-electron chi connectivity index (χ1n) is 8.48. The smallest absolute Gasteiger partial charge is 0.216 e. The number of rotatable bonds is 6. The molecule has 6 nitrogen and oxygen atoms in total. The molecular weight excluding hydrogens is 451 g/mol. The molecule has 2 rings (SSSR count). The molecule has 1 saturated heterocycles. The van der Waals surface area contributed by atoms with Gasteiger partial charge < -0.3 is 10.6 Å². The normalized spacial score (nSPS) is 16.0. The van der Waals surface area contributed by atoms with Gasteiger partial charge in [0.25, 0.3) is 0 Å². The Labute approximate surface area is 168 Å². The molecule has 0 spiro atoms. The molecule has 1 aromatic rings. The van der Waals surface area contributed by atoms with Crippen LogP contribution in [0.1, 0.15) is 44.2 Å². The maximum Gasteiger partial charge on any atom is 0.216 e. The Bertz CT molecular complexity index is 654. The topological polar surface area (TPSA) is 87.8 Å². The molecule has 1 aliphatic rings. The van der Waals surface area contributed by atoms with Crippen molar-refractivity contribution in [1.82, 2.24) is 9.62 Å². The lowest BCUT2D eigenvalue weighted by Gasteiger charge is -2.27. The summed E-state index contributed by atoms with van der Waals surface area (Å²) in [6, 6.07) is 7.39.